The number of carbonyl (C=O) groups excluding carboxylic acids is 1. The zero-order valence-electron chi connectivity index (χ0n) is 14.7. The molecule has 1 aromatic heterocycles. The molecule has 6 heteroatoms. The van der Waals surface area contributed by atoms with Gasteiger partial charge in [0, 0.05) is 5.38 Å². The van der Waals surface area contributed by atoms with Crippen molar-refractivity contribution >= 4 is 22.9 Å². The van der Waals surface area contributed by atoms with Crippen molar-refractivity contribution in [1.82, 2.24) is 4.98 Å². The Bertz CT molecular complexity index is 875. The van der Waals surface area contributed by atoms with Crippen molar-refractivity contribution < 1.29 is 14.3 Å². The number of aromatic nitrogens is 1. The fraction of sp³-hybridized carbons (Fsp3) is 0.200. The van der Waals surface area contributed by atoms with Crippen LogP contribution in [0.2, 0.25) is 0 Å². The Balaban J connectivity index is 1.62. The van der Waals surface area contributed by atoms with E-state index in [1.165, 1.54) is 16.9 Å². The highest BCUT2D eigenvalue weighted by Gasteiger charge is 2.13. The number of thiazole rings is 1. The quantitative estimate of drug-likeness (QED) is 0.658. The van der Waals surface area contributed by atoms with E-state index in [9.17, 15) is 4.79 Å². The minimum Gasteiger partial charge on any atom is -0.492 e. The van der Waals surface area contributed by atoms with E-state index in [0.29, 0.717) is 30.3 Å². The van der Waals surface area contributed by atoms with Crippen LogP contribution in [0, 0.1) is 6.92 Å². The highest BCUT2D eigenvalue weighted by atomic mass is 32.1. The number of ether oxygens (including phenoxy) is 2. The van der Waals surface area contributed by atoms with Crippen LogP contribution >= 0.6 is 11.3 Å². The third kappa shape index (κ3) is 4.61. The smallest absolute Gasteiger partial charge is 0.275 e. The fourth-order valence-electron chi connectivity index (χ4n) is 2.30. The van der Waals surface area contributed by atoms with Gasteiger partial charge in [-0.3, -0.25) is 4.79 Å². The monoisotopic (exact) mass is 368 g/mol. The maximum Gasteiger partial charge on any atom is 0.275 e. The molecule has 0 atom stereocenters. The molecule has 0 spiro atoms. The van der Waals surface area contributed by atoms with Crippen molar-refractivity contribution in [1.29, 1.82) is 0 Å². The predicted molar refractivity (Wildman–Crippen MR) is 103 cm³/mol. The molecule has 0 fully saturated rings. The van der Waals surface area contributed by atoms with Crippen molar-refractivity contribution in [2.24, 2.45) is 0 Å². The van der Waals surface area contributed by atoms with E-state index < -0.39 is 0 Å². The van der Waals surface area contributed by atoms with Gasteiger partial charge in [0.15, 0.2) is 0 Å². The second-order valence-electron chi connectivity index (χ2n) is 5.61. The summed E-state index contributed by atoms with van der Waals surface area (Å²) in [4.78, 5) is 16.8. The molecule has 0 unspecified atom stereocenters. The lowest BCUT2D eigenvalue weighted by Gasteiger charge is -2.10. The first-order valence-electron chi connectivity index (χ1n) is 8.32. The van der Waals surface area contributed by atoms with Crippen LogP contribution in [-0.2, 0) is 6.61 Å². The van der Waals surface area contributed by atoms with Crippen LogP contribution in [0.5, 0.6) is 11.5 Å². The van der Waals surface area contributed by atoms with Crippen LogP contribution in [0.15, 0.2) is 53.9 Å². The number of hydrogen-bond acceptors (Lipinski definition) is 5. The van der Waals surface area contributed by atoms with Crippen molar-refractivity contribution in [3.05, 3.63) is 70.2 Å². The van der Waals surface area contributed by atoms with E-state index in [-0.39, 0.29) is 5.91 Å². The number of nitrogens with one attached hydrogen (secondary N) is 1. The Morgan fingerprint density at radius 3 is 2.65 bits per heavy atom. The summed E-state index contributed by atoms with van der Waals surface area (Å²) in [6.07, 6.45) is 0. The first kappa shape index (κ1) is 17.9. The number of para-hydroxylation sites is 2. The van der Waals surface area contributed by atoms with Gasteiger partial charge >= 0.3 is 0 Å². The third-order valence-electron chi connectivity index (χ3n) is 3.60. The van der Waals surface area contributed by atoms with Gasteiger partial charge in [0.1, 0.15) is 28.8 Å². The molecule has 1 amide bonds. The first-order valence-corrected chi connectivity index (χ1v) is 9.20. The number of rotatable bonds is 7. The summed E-state index contributed by atoms with van der Waals surface area (Å²) in [7, 11) is 0. The van der Waals surface area contributed by atoms with E-state index >= 15 is 0 Å². The summed E-state index contributed by atoms with van der Waals surface area (Å²) in [5, 5.41) is 5.32. The van der Waals surface area contributed by atoms with Crippen molar-refractivity contribution in [2.45, 2.75) is 20.5 Å². The van der Waals surface area contributed by atoms with Gasteiger partial charge < -0.3 is 14.8 Å². The van der Waals surface area contributed by atoms with Gasteiger partial charge in [-0.15, -0.1) is 11.3 Å². The highest BCUT2D eigenvalue weighted by Crippen LogP contribution is 2.24. The lowest BCUT2D eigenvalue weighted by Crippen LogP contribution is -2.13. The topological polar surface area (TPSA) is 60.5 Å². The molecular weight excluding hydrogens is 348 g/mol. The summed E-state index contributed by atoms with van der Waals surface area (Å²) in [5.74, 6) is 1.15. The number of aryl methyl sites for hydroxylation is 1. The van der Waals surface area contributed by atoms with Crippen molar-refractivity contribution in [2.75, 3.05) is 11.9 Å². The standard InChI is InChI=1S/C20H20N2O3S/c1-3-24-18-7-5-4-6-16(18)22-20(23)17-13-26-19(21-17)12-25-15-10-8-14(2)9-11-15/h4-11,13H,3,12H2,1-2H3,(H,22,23). The Labute approximate surface area is 156 Å². The number of nitrogens with zero attached hydrogens (tertiary/aromatic N) is 1. The molecule has 3 rings (SSSR count). The Morgan fingerprint density at radius 2 is 1.88 bits per heavy atom. The van der Waals surface area contributed by atoms with Gasteiger partial charge in [-0.1, -0.05) is 29.8 Å². The van der Waals surface area contributed by atoms with E-state index in [2.05, 4.69) is 10.3 Å². The summed E-state index contributed by atoms with van der Waals surface area (Å²) in [5.41, 5.74) is 2.17. The van der Waals surface area contributed by atoms with Gasteiger partial charge in [-0.25, -0.2) is 4.98 Å². The van der Waals surface area contributed by atoms with Gasteiger partial charge in [0.25, 0.3) is 5.91 Å². The molecule has 3 aromatic rings. The Kier molecular flexibility index (Phi) is 5.86. The van der Waals surface area contributed by atoms with Crippen molar-refractivity contribution in [3.8, 4) is 11.5 Å². The lowest BCUT2D eigenvalue weighted by molar-refractivity contribution is 0.102. The van der Waals surface area contributed by atoms with Gasteiger partial charge in [0.2, 0.25) is 0 Å². The van der Waals surface area contributed by atoms with Crippen molar-refractivity contribution in [3.63, 3.8) is 0 Å². The molecule has 0 saturated carbocycles. The molecule has 0 saturated heterocycles. The van der Waals surface area contributed by atoms with E-state index in [1.54, 1.807) is 11.4 Å². The van der Waals surface area contributed by atoms with Crippen LogP contribution in [-0.4, -0.2) is 17.5 Å². The largest absolute Gasteiger partial charge is 0.492 e. The van der Waals surface area contributed by atoms with Gasteiger partial charge in [0.05, 0.1) is 12.3 Å². The zero-order chi connectivity index (χ0) is 18.4. The average molecular weight is 368 g/mol. The van der Waals surface area contributed by atoms with E-state index in [4.69, 9.17) is 9.47 Å². The molecule has 0 aliphatic carbocycles. The molecular formula is C20H20N2O3S. The van der Waals surface area contributed by atoms with E-state index in [1.807, 2.05) is 56.3 Å². The molecule has 26 heavy (non-hydrogen) atoms. The zero-order valence-corrected chi connectivity index (χ0v) is 15.5. The Morgan fingerprint density at radius 1 is 1.12 bits per heavy atom. The minimum absolute atomic E-state index is 0.269. The summed E-state index contributed by atoms with van der Waals surface area (Å²) in [6.45, 7) is 4.79. The summed E-state index contributed by atoms with van der Waals surface area (Å²) >= 11 is 1.40. The first-order chi connectivity index (χ1) is 12.7. The molecule has 0 aliphatic rings. The molecule has 134 valence electrons. The number of hydrogen-bond donors (Lipinski definition) is 1. The average Bonchev–Trinajstić information content (AvgIpc) is 3.12. The van der Waals surface area contributed by atoms with Crippen LogP contribution in [0.25, 0.3) is 0 Å². The lowest BCUT2D eigenvalue weighted by atomic mass is 10.2. The molecule has 1 heterocycles. The molecule has 2 aromatic carbocycles. The van der Waals surface area contributed by atoms with E-state index in [0.717, 1.165) is 10.8 Å². The maximum atomic E-state index is 12.4. The normalized spacial score (nSPS) is 10.4. The molecule has 5 nitrogen and oxygen atoms in total. The summed E-state index contributed by atoms with van der Waals surface area (Å²) < 4.78 is 11.2. The van der Waals surface area contributed by atoms with Gasteiger partial charge in [-0.05, 0) is 38.1 Å². The Hall–Kier alpha value is -2.86. The molecule has 0 aliphatic heterocycles. The predicted octanol–water partition coefficient (Wildman–Crippen LogP) is 4.68. The molecule has 0 bridgehead atoms. The minimum atomic E-state index is -0.269. The number of anilines is 1. The number of carbonyl (C=O) groups is 1. The third-order valence-corrected chi connectivity index (χ3v) is 4.43. The summed E-state index contributed by atoms with van der Waals surface area (Å²) in [6, 6.07) is 15.2. The van der Waals surface area contributed by atoms with Crippen LogP contribution in [0.4, 0.5) is 5.69 Å². The molecule has 0 radical (unpaired) electrons. The fourth-order valence-corrected chi connectivity index (χ4v) is 2.98. The van der Waals surface area contributed by atoms with Crippen LogP contribution in [0.3, 0.4) is 0 Å². The highest BCUT2D eigenvalue weighted by molar-refractivity contribution is 7.09. The van der Waals surface area contributed by atoms with Crippen LogP contribution < -0.4 is 14.8 Å². The van der Waals surface area contributed by atoms with Gasteiger partial charge in [-0.2, -0.15) is 0 Å². The molecule has 1 N–H and O–H groups in total. The number of benzene rings is 2. The second kappa shape index (κ2) is 8.49. The second-order valence-corrected chi connectivity index (χ2v) is 6.55. The number of amides is 1. The maximum absolute atomic E-state index is 12.4. The SMILES string of the molecule is CCOc1ccccc1NC(=O)c1csc(COc2ccc(C)cc2)n1. The van der Waals surface area contributed by atoms with Crippen LogP contribution in [0.1, 0.15) is 28.0 Å².